The van der Waals surface area contributed by atoms with Crippen molar-refractivity contribution in [2.24, 2.45) is 11.3 Å². The van der Waals surface area contributed by atoms with Gasteiger partial charge >= 0.3 is 5.97 Å². The van der Waals surface area contributed by atoms with Crippen LogP contribution < -0.4 is 10.3 Å². The summed E-state index contributed by atoms with van der Waals surface area (Å²) in [7, 11) is 1.31. The van der Waals surface area contributed by atoms with Gasteiger partial charge in [0.05, 0.1) is 13.7 Å². The highest BCUT2D eigenvalue weighted by Crippen LogP contribution is 2.61. The van der Waals surface area contributed by atoms with Gasteiger partial charge in [-0.3, -0.25) is 14.4 Å². The molecular weight excluding hydrogens is 450 g/mol. The Hall–Kier alpha value is -2.84. The average Bonchev–Trinajstić information content (AvgIpc) is 3.47. The Morgan fingerprint density at radius 3 is 2.54 bits per heavy atom. The molecule has 1 spiro atoms. The predicted octanol–water partition coefficient (Wildman–Crippen LogP) is 1.99. The zero-order valence-electron chi connectivity index (χ0n) is 20.6. The maximum atomic E-state index is 13.3. The topological polar surface area (TPSA) is 98.2 Å². The maximum Gasteiger partial charge on any atom is 0.343 e. The van der Waals surface area contributed by atoms with Crippen LogP contribution in [0, 0.1) is 11.3 Å². The molecule has 1 atom stereocenters. The number of esters is 1. The van der Waals surface area contributed by atoms with E-state index in [1.54, 1.807) is 9.47 Å². The fourth-order valence-corrected chi connectivity index (χ4v) is 6.34. The van der Waals surface area contributed by atoms with Crippen molar-refractivity contribution >= 4 is 17.8 Å². The minimum atomic E-state index is -0.566. The second-order valence-electron chi connectivity index (χ2n) is 10.4. The molecule has 2 amide bonds. The van der Waals surface area contributed by atoms with Gasteiger partial charge < -0.3 is 23.8 Å². The van der Waals surface area contributed by atoms with Gasteiger partial charge in [-0.05, 0) is 31.1 Å². The first-order valence-electron chi connectivity index (χ1n) is 13.0. The first-order chi connectivity index (χ1) is 16.9. The zero-order chi connectivity index (χ0) is 24.6. The number of nitrogens with zero attached hydrogens (tertiary/aromatic N) is 3. The van der Waals surface area contributed by atoms with E-state index in [1.807, 2.05) is 4.90 Å². The van der Waals surface area contributed by atoms with Gasteiger partial charge in [0, 0.05) is 56.7 Å². The van der Waals surface area contributed by atoms with Crippen molar-refractivity contribution in [2.75, 3.05) is 39.9 Å². The molecule has 3 heterocycles. The normalized spacial score (nSPS) is 23.1. The largest absolute Gasteiger partial charge is 0.491 e. The number of fused-ring (bicyclic) bond motifs is 1. The summed E-state index contributed by atoms with van der Waals surface area (Å²) in [5.74, 6) is 0.0124. The summed E-state index contributed by atoms with van der Waals surface area (Å²) in [6, 6.07) is 1.33. The molecule has 2 aliphatic carbocycles. The monoisotopic (exact) mass is 485 g/mol. The van der Waals surface area contributed by atoms with Crippen LogP contribution in [0.2, 0.25) is 0 Å². The van der Waals surface area contributed by atoms with Crippen LogP contribution in [0.25, 0.3) is 0 Å². The standard InChI is InChI=1S/C26H35N3O6/c1-34-25(33)23-19-7-11-28(24(32)18-17-26(18)8-3-2-4-9-26)12-13-29(19)22(31)16-20(23)35-15-14-27-10-5-6-21(27)30/h16,18H,2-15,17H2,1H3. The van der Waals surface area contributed by atoms with Gasteiger partial charge in [0.2, 0.25) is 11.8 Å². The lowest BCUT2D eigenvalue weighted by atomic mass is 9.84. The van der Waals surface area contributed by atoms with E-state index in [-0.39, 0.29) is 46.6 Å². The van der Waals surface area contributed by atoms with E-state index in [0.29, 0.717) is 51.3 Å². The highest BCUT2D eigenvalue weighted by Gasteiger charge is 2.58. The molecule has 9 heteroatoms. The van der Waals surface area contributed by atoms with Crippen LogP contribution in [0.15, 0.2) is 10.9 Å². The summed E-state index contributed by atoms with van der Waals surface area (Å²) in [6.45, 7) is 2.55. The van der Waals surface area contributed by atoms with Crippen molar-refractivity contribution in [3.63, 3.8) is 0 Å². The quantitative estimate of drug-likeness (QED) is 0.572. The predicted molar refractivity (Wildman–Crippen MR) is 127 cm³/mol. The number of hydrogen-bond acceptors (Lipinski definition) is 6. The molecule has 5 rings (SSSR count). The number of carbonyl (C=O) groups is 3. The molecule has 3 fully saturated rings. The van der Waals surface area contributed by atoms with Crippen LogP contribution in [-0.2, 0) is 27.3 Å². The number of carbonyl (C=O) groups excluding carboxylic acids is 3. The first-order valence-corrected chi connectivity index (χ1v) is 13.0. The number of rotatable bonds is 6. The lowest BCUT2D eigenvalue weighted by molar-refractivity contribution is -0.133. The molecule has 0 aromatic carbocycles. The van der Waals surface area contributed by atoms with Crippen LogP contribution in [0.1, 0.15) is 67.4 Å². The Balaban J connectivity index is 1.32. The fraction of sp³-hybridized carbons (Fsp3) is 0.692. The summed E-state index contributed by atoms with van der Waals surface area (Å²) in [5, 5.41) is 0. The average molecular weight is 486 g/mol. The molecular formula is C26H35N3O6. The molecule has 190 valence electrons. The molecule has 9 nitrogen and oxygen atoms in total. The first kappa shape index (κ1) is 23.9. The van der Waals surface area contributed by atoms with Gasteiger partial charge in [0.25, 0.3) is 5.56 Å². The fourth-order valence-electron chi connectivity index (χ4n) is 6.34. The minimum absolute atomic E-state index is 0.0965. The Kier molecular flexibility index (Phi) is 6.59. The molecule has 1 aromatic heterocycles. The van der Waals surface area contributed by atoms with E-state index in [0.717, 1.165) is 25.7 Å². The Labute approximate surface area is 205 Å². The smallest absolute Gasteiger partial charge is 0.343 e. The van der Waals surface area contributed by atoms with Gasteiger partial charge in [0.15, 0.2) is 0 Å². The van der Waals surface area contributed by atoms with Crippen LogP contribution in [0.5, 0.6) is 5.75 Å². The SMILES string of the molecule is COC(=O)c1c(OCCN2CCCC2=O)cc(=O)n2c1CCN(C(=O)C1CC13CCCCC3)CC2. The molecule has 35 heavy (non-hydrogen) atoms. The maximum absolute atomic E-state index is 13.3. The van der Waals surface area contributed by atoms with Crippen molar-refractivity contribution in [2.45, 2.75) is 64.3 Å². The van der Waals surface area contributed by atoms with Crippen LogP contribution in [0.4, 0.5) is 0 Å². The lowest BCUT2D eigenvalue weighted by Gasteiger charge is -2.25. The van der Waals surface area contributed by atoms with Crippen molar-refractivity contribution in [3.05, 3.63) is 27.7 Å². The Morgan fingerprint density at radius 2 is 1.83 bits per heavy atom. The van der Waals surface area contributed by atoms with Crippen molar-refractivity contribution in [3.8, 4) is 5.75 Å². The molecule has 0 radical (unpaired) electrons. The molecule has 1 unspecified atom stereocenters. The van der Waals surface area contributed by atoms with Gasteiger partial charge in [-0.2, -0.15) is 0 Å². The third-order valence-electron chi connectivity index (χ3n) is 8.42. The van der Waals surface area contributed by atoms with E-state index in [1.165, 1.54) is 32.4 Å². The second-order valence-corrected chi connectivity index (χ2v) is 10.4. The van der Waals surface area contributed by atoms with Gasteiger partial charge in [-0.25, -0.2) is 4.79 Å². The molecule has 2 aliphatic heterocycles. The van der Waals surface area contributed by atoms with E-state index in [4.69, 9.17) is 9.47 Å². The minimum Gasteiger partial charge on any atom is -0.491 e. The van der Waals surface area contributed by atoms with Gasteiger partial charge in [0.1, 0.15) is 17.9 Å². The summed E-state index contributed by atoms with van der Waals surface area (Å²) in [6.07, 6.45) is 8.73. The van der Waals surface area contributed by atoms with Crippen LogP contribution in [0.3, 0.4) is 0 Å². The summed E-state index contributed by atoms with van der Waals surface area (Å²) >= 11 is 0. The van der Waals surface area contributed by atoms with Crippen molar-refractivity contribution in [1.29, 1.82) is 0 Å². The molecule has 1 aromatic rings. The highest BCUT2D eigenvalue weighted by molar-refractivity contribution is 5.93. The number of amides is 2. The number of methoxy groups -OCH3 is 1. The number of aromatic nitrogens is 1. The van der Waals surface area contributed by atoms with Crippen molar-refractivity contribution < 1.29 is 23.9 Å². The molecule has 0 N–H and O–H groups in total. The number of likely N-dealkylation sites (tertiary alicyclic amines) is 1. The van der Waals surface area contributed by atoms with E-state index in [2.05, 4.69) is 0 Å². The van der Waals surface area contributed by atoms with Gasteiger partial charge in [-0.1, -0.05) is 19.3 Å². The Morgan fingerprint density at radius 1 is 1.03 bits per heavy atom. The van der Waals surface area contributed by atoms with E-state index < -0.39 is 5.97 Å². The third kappa shape index (κ3) is 4.57. The number of hydrogen-bond donors (Lipinski definition) is 0. The van der Waals surface area contributed by atoms with Crippen molar-refractivity contribution in [1.82, 2.24) is 14.4 Å². The number of ether oxygens (including phenoxy) is 2. The summed E-state index contributed by atoms with van der Waals surface area (Å²) in [4.78, 5) is 54.6. The lowest BCUT2D eigenvalue weighted by Crippen LogP contribution is -2.36. The Bertz CT molecular complexity index is 1070. The molecule has 4 aliphatic rings. The van der Waals surface area contributed by atoms with E-state index in [9.17, 15) is 19.2 Å². The highest BCUT2D eigenvalue weighted by atomic mass is 16.5. The van der Waals surface area contributed by atoms with E-state index >= 15 is 0 Å². The second kappa shape index (κ2) is 9.66. The molecule has 1 saturated heterocycles. The summed E-state index contributed by atoms with van der Waals surface area (Å²) < 4.78 is 12.5. The summed E-state index contributed by atoms with van der Waals surface area (Å²) in [5.41, 5.74) is 0.740. The zero-order valence-corrected chi connectivity index (χ0v) is 20.6. The van der Waals surface area contributed by atoms with Crippen LogP contribution >= 0.6 is 0 Å². The van der Waals surface area contributed by atoms with Gasteiger partial charge in [-0.15, -0.1) is 0 Å². The molecule has 0 bridgehead atoms. The molecule has 2 saturated carbocycles. The van der Waals surface area contributed by atoms with Crippen LogP contribution in [-0.4, -0.2) is 72.0 Å². The third-order valence-corrected chi connectivity index (χ3v) is 8.42. The number of pyridine rings is 1.